The molecule has 36 heavy (non-hydrogen) atoms. The van der Waals surface area contributed by atoms with E-state index in [1.165, 1.54) is 31.6 Å². The first-order chi connectivity index (χ1) is 17.2. The molecule has 2 saturated heterocycles. The number of hydrogen-bond donors (Lipinski definition) is 6. The van der Waals surface area contributed by atoms with E-state index in [0.717, 1.165) is 0 Å². The van der Waals surface area contributed by atoms with E-state index in [1.807, 2.05) is 0 Å². The number of carbonyl (C=O) groups excluding carboxylic acids is 1. The van der Waals surface area contributed by atoms with Gasteiger partial charge in [0.2, 0.25) is 6.29 Å². The number of aliphatic hydroxyl groups excluding tert-OH is 5. The number of benzene rings is 1. The third kappa shape index (κ3) is 3.92. The molecule has 0 bridgehead atoms. The molecule has 5 rings (SSSR count). The molecule has 1 aromatic carbocycles. The number of esters is 1. The molecule has 13 nitrogen and oxygen atoms in total. The van der Waals surface area contributed by atoms with Gasteiger partial charge in [0.25, 0.3) is 0 Å². The zero-order chi connectivity index (χ0) is 25.8. The van der Waals surface area contributed by atoms with Gasteiger partial charge in [-0.05, 0) is 24.3 Å². The summed E-state index contributed by atoms with van der Waals surface area (Å²) in [6.07, 6.45) is -7.22. The van der Waals surface area contributed by atoms with Crippen LogP contribution < -0.4 is 4.74 Å². The molecule has 4 aliphatic rings. The molecule has 1 aliphatic carbocycles. The van der Waals surface area contributed by atoms with Crippen LogP contribution >= 0.6 is 0 Å². The van der Waals surface area contributed by atoms with Crippen molar-refractivity contribution in [3.05, 3.63) is 36.1 Å². The van der Waals surface area contributed by atoms with E-state index in [9.17, 15) is 35.4 Å². The standard InChI is InChI=1S/C23H28O13/c1-31-12-3-2-9(6-11(12)26)20(30)34-18-10-4-5-32-21(14(10)23(8-25)19(18)36-23)35-22-17(29)16(28)15(27)13(7-24)33-22/h2-6,10,13-19,21-22,24-29H,7-8H2,1H3/t10-,13-,14-,15-,16+,17-,18+,19+,21+,22+,23-/m1/s1. The maximum Gasteiger partial charge on any atom is 0.338 e. The third-order valence-electron chi connectivity index (χ3n) is 7.26. The number of aromatic hydroxyl groups is 1. The molecule has 0 amide bonds. The summed E-state index contributed by atoms with van der Waals surface area (Å²) in [6, 6.07) is 4.07. The summed E-state index contributed by atoms with van der Waals surface area (Å²) in [5.74, 6) is -1.99. The predicted octanol–water partition coefficient (Wildman–Crippen LogP) is -2.01. The monoisotopic (exact) mass is 512 g/mol. The largest absolute Gasteiger partial charge is 0.504 e. The Morgan fingerprint density at radius 3 is 2.56 bits per heavy atom. The maximum atomic E-state index is 12.9. The second kappa shape index (κ2) is 9.43. The van der Waals surface area contributed by atoms with Gasteiger partial charge in [0, 0.05) is 5.92 Å². The second-order valence-corrected chi connectivity index (χ2v) is 9.18. The number of phenolic OH excluding ortho intramolecular Hbond substituents is 1. The van der Waals surface area contributed by atoms with E-state index in [0.29, 0.717) is 0 Å². The van der Waals surface area contributed by atoms with Crippen LogP contribution in [0.5, 0.6) is 11.5 Å². The molecule has 1 saturated carbocycles. The molecule has 0 spiro atoms. The minimum absolute atomic E-state index is 0.0807. The van der Waals surface area contributed by atoms with E-state index < -0.39 is 85.8 Å². The summed E-state index contributed by atoms with van der Waals surface area (Å²) in [6.45, 7) is -1.07. The highest BCUT2D eigenvalue weighted by molar-refractivity contribution is 5.90. The summed E-state index contributed by atoms with van der Waals surface area (Å²) in [5, 5.41) is 60.0. The van der Waals surface area contributed by atoms with Crippen LogP contribution in [0.1, 0.15) is 10.4 Å². The lowest BCUT2D eigenvalue weighted by Gasteiger charge is -2.43. The molecular weight excluding hydrogens is 484 g/mol. The number of methoxy groups -OCH3 is 1. The molecule has 0 unspecified atom stereocenters. The number of phenols is 1. The first-order valence-corrected chi connectivity index (χ1v) is 11.4. The molecule has 3 fully saturated rings. The van der Waals surface area contributed by atoms with E-state index in [1.54, 1.807) is 6.08 Å². The Kier molecular flexibility index (Phi) is 6.59. The second-order valence-electron chi connectivity index (χ2n) is 9.18. The maximum absolute atomic E-state index is 12.9. The van der Waals surface area contributed by atoms with E-state index >= 15 is 0 Å². The Bertz CT molecular complexity index is 1010. The molecule has 1 aromatic rings. The summed E-state index contributed by atoms with van der Waals surface area (Å²) < 4.78 is 33.3. The van der Waals surface area contributed by atoms with Crippen molar-refractivity contribution in [2.45, 2.75) is 54.8 Å². The average molecular weight is 512 g/mol. The van der Waals surface area contributed by atoms with Crippen LogP contribution in [0.3, 0.4) is 0 Å². The van der Waals surface area contributed by atoms with Crippen LogP contribution in [-0.4, -0.2) is 112 Å². The van der Waals surface area contributed by atoms with Crippen molar-refractivity contribution in [2.24, 2.45) is 11.8 Å². The van der Waals surface area contributed by atoms with Crippen molar-refractivity contribution in [3.8, 4) is 11.5 Å². The number of epoxide rings is 1. The lowest BCUT2D eigenvalue weighted by Crippen LogP contribution is -2.60. The fourth-order valence-corrected chi connectivity index (χ4v) is 5.30. The van der Waals surface area contributed by atoms with Crippen molar-refractivity contribution >= 4 is 5.97 Å². The highest BCUT2D eigenvalue weighted by atomic mass is 16.8. The summed E-state index contributed by atoms with van der Waals surface area (Å²) in [5.41, 5.74) is -1.08. The fourth-order valence-electron chi connectivity index (χ4n) is 5.30. The van der Waals surface area contributed by atoms with Gasteiger partial charge in [0.1, 0.15) is 42.2 Å². The van der Waals surface area contributed by atoms with Crippen molar-refractivity contribution in [1.82, 2.24) is 0 Å². The van der Waals surface area contributed by atoms with Gasteiger partial charge >= 0.3 is 5.97 Å². The Morgan fingerprint density at radius 2 is 1.89 bits per heavy atom. The van der Waals surface area contributed by atoms with Gasteiger partial charge in [-0.15, -0.1) is 0 Å². The van der Waals surface area contributed by atoms with Gasteiger partial charge < -0.3 is 59.1 Å². The van der Waals surface area contributed by atoms with E-state index in [-0.39, 0.29) is 17.1 Å². The minimum Gasteiger partial charge on any atom is -0.504 e. The number of ether oxygens (including phenoxy) is 6. The van der Waals surface area contributed by atoms with Gasteiger partial charge in [-0.2, -0.15) is 0 Å². The Hall–Kier alpha value is -2.49. The molecule has 13 heteroatoms. The Morgan fingerprint density at radius 1 is 1.11 bits per heavy atom. The molecular formula is C23H28O13. The van der Waals surface area contributed by atoms with Gasteiger partial charge in [-0.3, -0.25) is 0 Å². The Balaban J connectivity index is 1.34. The van der Waals surface area contributed by atoms with Crippen LogP contribution in [0.4, 0.5) is 0 Å². The van der Waals surface area contributed by atoms with Gasteiger partial charge in [0.05, 0.1) is 38.1 Å². The van der Waals surface area contributed by atoms with Crippen LogP contribution in [0.25, 0.3) is 0 Å². The first-order valence-electron chi connectivity index (χ1n) is 11.4. The van der Waals surface area contributed by atoms with Crippen LogP contribution in [-0.2, 0) is 23.7 Å². The lowest BCUT2D eigenvalue weighted by atomic mass is 9.85. The van der Waals surface area contributed by atoms with E-state index in [2.05, 4.69) is 0 Å². The fraction of sp³-hybridized carbons (Fsp3) is 0.609. The zero-order valence-corrected chi connectivity index (χ0v) is 19.1. The highest BCUT2D eigenvalue weighted by Crippen LogP contribution is 2.60. The number of aliphatic hydroxyl groups is 5. The lowest BCUT2D eigenvalue weighted by molar-refractivity contribution is -0.344. The van der Waals surface area contributed by atoms with Crippen molar-refractivity contribution in [1.29, 1.82) is 0 Å². The summed E-state index contributed by atoms with van der Waals surface area (Å²) in [7, 11) is 1.38. The van der Waals surface area contributed by atoms with Crippen molar-refractivity contribution < 1.29 is 63.9 Å². The minimum atomic E-state index is -1.66. The molecule has 0 aromatic heterocycles. The smallest absolute Gasteiger partial charge is 0.338 e. The van der Waals surface area contributed by atoms with Crippen LogP contribution in [0.2, 0.25) is 0 Å². The third-order valence-corrected chi connectivity index (χ3v) is 7.26. The van der Waals surface area contributed by atoms with Crippen LogP contribution in [0.15, 0.2) is 30.5 Å². The average Bonchev–Trinajstić information content (AvgIpc) is 3.56. The number of hydrogen-bond acceptors (Lipinski definition) is 13. The predicted molar refractivity (Wildman–Crippen MR) is 114 cm³/mol. The molecule has 3 heterocycles. The number of carbonyl (C=O) groups is 1. The van der Waals surface area contributed by atoms with Gasteiger partial charge in [0.15, 0.2) is 17.8 Å². The van der Waals surface area contributed by atoms with Gasteiger partial charge in [-0.25, -0.2) is 4.79 Å². The summed E-state index contributed by atoms with van der Waals surface area (Å²) in [4.78, 5) is 12.9. The molecule has 11 atom stereocenters. The highest BCUT2D eigenvalue weighted by Gasteiger charge is 2.77. The normalized spacial score (nSPS) is 42.7. The number of fused-ring (bicyclic) bond motifs is 3. The zero-order valence-electron chi connectivity index (χ0n) is 19.1. The molecule has 198 valence electrons. The molecule has 0 radical (unpaired) electrons. The summed E-state index contributed by atoms with van der Waals surface area (Å²) >= 11 is 0. The van der Waals surface area contributed by atoms with Crippen molar-refractivity contribution in [3.63, 3.8) is 0 Å². The quantitative estimate of drug-likeness (QED) is 0.173. The number of rotatable bonds is 7. The van der Waals surface area contributed by atoms with Crippen LogP contribution in [0, 0.1) is 11.8 Å². The van der Waals surface area contributed by atoms with E-state index in [4.69, 9.17) is 28.4 Å². The molecule has 3 aliphatic heterocycles. The van der Waals surface area contributed by atoms with Crippen molar-refractivity contribution in [2.75, 3.05) is 20.3 Å². The SMILES string of the molecule is COc1ccc(C(=O)O[C@H]2[C@@H]3C=CO[C@@H](O[C@@H]4O[C@H](CO)[C@@H](O)[C@H](O)[C@H]4O)[C@@H]3[C@@]3(CO)O[C@@H]23)cc1O. The topological polar surface area (TPSA) is 197 Å². The first kappa shape index (κ1) is 25.2. The Labute approximate surface area is 205 Å². The molecule has 6 N–H and O–H groups in total. The van der Waals surface area contributed by atoms with Gasteiger partial charge in [-0.1, -0.05) is 0 Å².